The molecule has 0 radical (unpaired) electrons. The van der Waals surface area contributed by atoms with Crippen molar-refractivity contribution in [2.75, 3.05) is 11.9 Å². The van der Waals surface area contributed by atoms with Gasteiger partial charge < -0.3 is 15.4 Å². The third-order valence-corrected chi connectivity index (χ3v) is 3.86. The fourth-order valence-corrected chi connectivity index (χ4v) is 2.41. The first-order valence-electron chi connectivity index (χ1n) is 8.40. The van der Waals surface area contributed by atoms with E-state index in [-0.39, 0.29) is 24.3 Å². The smallest absolute Gasteiger partial charge is 0.262 e. The molecule has 7 heteroatoms. The maximum Gasteiger partial charge on any atom is 0.262 e. The molecule has 0 saturated carbocycles. The fraction of sp³-hybridized carbons (Fsp3) is 0.250. The van der Waals surface area contributed by atoms with E-state index in [0.717, 1.165) is 0 Å². The minimum Gasteiger partial charge on any atom is -0.484 e. The first-order chi connectivity index (χ1) is 12.8. The molecule has 2 N–H and O–H groups in total. The van der Waals surface area contributed by atoms with Crippen LogP contribution in [0.5, 0.6) is 5.75 Å². The minimum absolute atomic E-state index is 0.00890. The molecule has 27 heavy (non-hydrogen) atoms. The van der Waals surface area contributed by atoms with Crippen LogP contribution < -0.4 is 15.4 Å². The van der Waals surface area contributed by atoms with Crippen molar-refractivity contribution in [1.29, 1.82) is 0 Å². The standard InChI is InChI=1S/C20H21ClN2O4/c1-12(2)22-20(26)15-7-8-17(21)18(10-15)23-19(25)11-27-16-6-4-5-14(9-16)13(3)24/h4-10,12H,11H2,1-3H3,(H,22,26)(H,23,25). The van der Waals surface area contributed by atoms with Gasteiger partial charge in [0.2, 0.25) is 0 Å². The van der Waals surface area contributed by atoms with Gasteiger partial charge in [0.05, 0.1) is 10.7 Å². The maximum absolute atomic E-state index is 12.2. The van der Waals surface area contributed by atoms with Crippen LogP contribution in [0.25, 0.3) is 0 Å². The molecule has 0 unspecified atom stereocenters. The second-order valence-electron chi connectivity index (χ2n) is 6.24. The van der Waals surface area contributed by atoms with Crippen molar-refractivity contribution in [2.45, 2.75) is 26.8 Å². The SMILES string of the molecule is CC(=O)c1cccc(OCC(=O)Nc2cc(C(=O)NC(C)C)ccc2Cl)c1. The van der Waals surface area contributed by atoms with Crippen molar-refractivity contribution in [3.05, 3.63) is 58.6 Å². The monoisotopic (exact) mass is 388 g/mol. The van der Waals surface area contributed by atoms with Crippen molar-refractivity contribution < 1.29 is 19.1 Å². The first kappa shape index (κ1) is 20.5. The molecule has 0 aromatic heterocycles. The Morgan fingerprint density at radius 1 is 1.07 bits per heavy atom. The van der Waals surface area contributed by atoms with Gasteiger partial charge in [0.15, 0.2) is 12.4 Å². The summed E-state index contributed by atoms with van der Waals surface area (Å²) in [6.07, 6.45) is 0. The van der Waals surface area contributed by atoms with Gasteiger partial charge in [0.1, 0.15) is 5.75 Å². The predicted molar refractivity (Wildman–Crippen MR) is 105 cm³/mol. The van der Waals surface area contributed by atoms with Gasteiger partial charge in [-0.15, -0.1) is 0 Å². The Bertz CT molecular complexity index is 865. The summed E-state index contributed by atoms with van der Waals surface area (Å²) in [5.74, 6) is -0.372. The highest BCUT2D eigenvalue weighted by Crippen LogP contribution is 2.23. The zero-order valence-corrected chi connectivity index (χ0v) is 16.1. The Labute approximate surface area is 162 Å². The number of carbonyl (C=O) groups is 3. The van der Waals surface area contributed by atoms with Crippen LogP contribution >= 0.6 is 11.6 Å². The molecule has 0 atom stereocenters. The van der Waals surface area contributed by atoms with Crippen LogP contribution in [0.4, 0.5) is 5.69 Å². The molecule has 0 heterocycles. The van der Waals surface area contributed by atoms with Gasteiger partial charge in [-0.25, -0.2) is 0 Å². The summed E-state index contributed by atoms with van der Waals surface area (Å²) in [5, 5.41) is 5.71. The molecule has 0 bridgehead atoms. The summed E-state index contributed by atoms with van der Waals surface area (Å²) in [4.78, 5) is 35.6. The second kappa shape index (κ2) is 9.19. The van der Waals surface area contributed by atoms with Crippen molar-refractivity contribution in [2.24, 2.45) is 0 Å². The lowest BCUT2D eigenvalue weighted by atomic mass is 10.1. The molecule has 2 amide bonds. The molecule has 0 spiro atoms. The Morgan fingerprint density at radius 2 is 1.81 bits per heavy atom. The van der Waals surface area contributed by atoms with E-state index >= 15 is 0 Å². The Hall–Kier alpha value is -2.86. The van der Waals surface area contributed by atoms with Gasteiger partial charge in [-0.2, -0.15) is 0 Å². The third kappa shape index (κ3) is 6.11. The Morgan fingerprint density at radius 3 is 2.48 bits per heavy atom. The van der Waals surface area contributed by atoms with E-state index in [4.69, 9.17) is 16.3 Å². The molecule has 0 aliphatic heterocycles. The number of hydrogen-bond acceptors (Lipinski definition) is 4. The van der Waals surface area contributed by atoms with Crippen LogP contribution in [0.2, 0.25) is 5.02 Å². The number of hydrogen-bond donors (Lipinski definition) is 2. The highest BCUT2D eigenvalue weighted by atomic mass is 35.5. The largest absolute Gasteiger partial charge is 0.484 e. The lowest BCUT2D eigenvalue weighted by Gasteiger charge is -2.12. The third-order valence-electron chi connectivity index (χ3n) is 3.53. The van der Waals surface area contributed by atoms with Crippen LogP contribution in [-0.4, -0.2) is 30.2 Å². The lowest BCUT2D eigenvalue weighted by Crippen LogP contribution is -2.30. The van der Waals surface area contributed by atoms with Crippen molar-refractivity contribution in [1.82, 2.24) is 5.32 Å². The average molecular weight is 389 g/mol. The number of benzene rings is 2. The van der Waals surface area contributed by atoms with Gasteiger partial charge >= 0.3 is 0 Å². The van der Waals surface area contributed by atoms with Crippen LogP contribution in [0.3, 0.4) is 0 Å². The molecule has 0 aliphatic rings. The van der Waals surface area contributed by atoms with Gasteiger partial charge in [-0.05, 0) is 51.1 Å². The van der Waals surface area contributed by atoms with Crippen LogP contribution in [0.1, 0.15) is 41.5 Å². The van der Waals surface area contributed by atoms with Gasteiger partial charge in [0.25, 0.3) is 11.8 Å². The number of Topliss-reactive ketones (excluding diaryl/α,β-unsaturated/α-hetero) is 1. The van der Waals surface area contributed by atoms with E-state index in [1.54, 1.807) is 36.4 Å². The molecular formula is C20H21ClN2O4. The van der Waals surface area contributed by atoms with Gasteiger partial charge in [0, 0.05) is 17.2 Å². The van der Waals surface area contributed by atoms with Crippen LogP contribution in [-0.2, 0) is 4.79 Å². The zero-order chi connectivity index (χ0) is 20.0. The molecule has 2 rings (SSSR count). The predicted octanol–water partition coefficient (Wildman–Crippen LogP) is 3.70. The van der Waals surface area contributed by atoms with Crippen molar-refractivity contribution in [3.63, 3.8) is 0 Å². The number of ketones is 1. The summed E-state index contributed by atoms with van der Waals surface area (Å²) >= 11 is 6.10. The summed E-state index contributed by atoms with van der Waals surface area (Å²) in [7, 11) is 0. The Kier molecular flexibility index (Phi) is 6.96. The molecule has 2 aromatic carbocycles. The maximum atomic E-state index is 12.2. The first-order valence-corrected chi connectivity index (χ1v) is 8.78. The quantitative estimate of drug-likeness (QED) is 0.708. The average Bonchev–Trinajstić information content (AvgIpc) is 2.61. The number of anilines is 1. The van der Waals surface area contributed by atoms with Crippen molar-refractivity contribution in [3.8, 4) is 5.75 Å². The molecule has 0 fully saturated rings. The lowest BCUT2D eigenvalue weighted by molar-refractivity contribution is -0.118. The van der Waals surface area contributed by atoms with E-state index in [1.165, 1.54) is 13.0 Å². The highest BCUT2D eigenvalue weighted by Gasteiger charge is 2.12. The van der Waals surface area contributed by atoms with Crippen molar-refractivity contribution >= 4 is 34.9 Å². The molecule has 6 nitrogen and oxygen atoms in total. The van der Waals surface area contributed by atoms with Gasteiger partial charge in [-0.1, -0.05) is 23.7 Å². The van der Waals surface area contributed by atoms with Gasteiger partial charge in [-0.3, -0.25) is 14.4 Å². The summed E-state index contributed by atoms with van der Waals surface area (Å²) < 4.78 is 5.41. The molecule has 0 saturated heterocycles. The van der Waals surface area contributed by atoms with E-state index in [9.17, 15) is 14.4 Å². The van der Waals surface area contributed by atoms with E-state index in [1.807, 2.05) is 13.8 Å². The van der Waals surface area contributed by atoms with E-state index < -0.39 is 5.91 Å². The minimum atomic E-state index is -0.438. The topological polar surface area (TPSA) is 84.5 Å². The number of carbonyl (C=O) groups excluding carboxylic acids is 3. The summed E-state index contributed by atoms with van der Waals surface area (Å²) in [5.41, 5.74) is 1.21. The molecular weight excluding hydrogens is 368 g/mol. The number of halogens is 1. The van der Waals surface area contributed by atoms with E-state index in [0.29, 0.717) is 27.6 Å². The van der Waals surface area contributed by atoms with Crippen LogP contribution in [0.15, 0.2) is 42.5 Å². The number of nitrogens with one attached hydrogen (secondary N) is 2. The highest BCUT2D eigenvalue weighted by molar-refractivity contribution is 6.33. The number of ether oxygens (including phenoxy) is 1. The number of amides is 2. The zero-order valence-electron chi connectivity index (χ0n) is 15.3. The molecule has 142 valence electrons. The normalized spacial score (nSPS) is 10.4. The second-order valence-corrected chi connectivity index (χ2v) is 6.65. The molecule has 0 aliphatic carbocycles. The number of rotatable bonds is 7. The summed E-state index contributed by atoms with van der Waals surface area (Å²) in [6.45, 7) is 4.90. The summed E-state index contributed by atoms with van der Waals surface area (Å²) in [6, 6.07) is 11.2. The Balaban J connectivity index is 2.02. The molecule has 2 aromatic rings. The van der Waals surface area contributed by atoms with Crippen LogP contribution in [0, 0.1) is 0 Å². The fourth-order valence-electron chi connectivity index (χ4n) is 2.25. The van der Waals surface area contributed by atoms with E-state index in [2.05, 4.69) is 10.6 Å².